The number of hydrogen-bond donors (Lipinski definition) is 0. The van der Waals surface area contributed by atoms with E-state index in [-0.39, 0.29) is 0 Å². The van der Waals surface area contributed by atoms with Crippen LogP contribution >= 0.6 is 11.3 Å². The van der Waals surface area contributed by atoms with E-state index in [9.17, 15) is 0 Å². The fourth-order valence-corrected chi connectivity index (χ4v) is 2.91. The van der Waals surface area contributed by atoms with Gasteiger partial charge in [0, 0.05) is 17.8 Å². The molecule has 0 N–H and O–H groups in total. The molecule has 4 nitrogen and oxygen atoms in total. The standard InChI is InChI=1S/C14H12N4S/c1-2-7-15-11(3-1)14-17-12(9-19-14)13-6-8-16-18(13)10-4-5-10/h1-3,6-10H,4-5H2. The summed E-state index contributed by atoms with van der Waals surface area (Å²) >= 11 is 1.63. The molecule has 3 aromatic heterocycles. The van der Waals surface area contributed by atoms with Crippen molar-refractivity contribution in [3.8, 4) is 22.1 Å². The predicted molar refractivity (Wildman–Crippen MR) is 74.8 cm³/mol. The van der Waals surface area contributed by atoms with E-state index in [1.807, 2.05) is 30.5 Å². The van der Waals surface area contributed by atoms with Gasteiger partial charge in [-0.25, -0.2) is 4.98 Å². The maximum Gasteiger partial charge on any atom is 0.142 e. The fraction of sp³-hybridized carbons (Fsp3) is 0.214. The summed E-state index contributed by atoms with van der Waals surface area (Å²) in [4.78, 5) is 9.03. The lowest BCUT2D eigenvalue weighted by molar-refractivity contribution is 0.648. The number of nitrogens with zero attached hydrogens (tertiary/aromatic N) is 4. The molecule has 1 fully saturated rings. The van der Waals surface area contributed by atoms with Crippen molar-refractivity contribution < 1.29 is 0 Å². The lowest BCUT2D eigenvalue weighted by Crippen LogP contribution is -1.98. The van der Waals surface area contributed by atoms with Crippen molar-refractivity contribution in [3.63, 3.8) is 0 Å². The lowest BCUT2D eigenvalue weighted by Gasteiger charge is -2.02. The minimum absolute atomic E-state index is 0.574. The minimum Gasteiger partial charge on any atom is -0.260 e. The third kappa shape index (κ3) is 1.96. The highest BCUT2D eigenvalue weighted by atomic mass is 32.1. The quantitative estimate of drug-likeness (QED) is 0.731. The Balaban J connectivity index is 1.73. The van der Waals surface area contributed by atoms with Crippen LogP contribution in [0.15, 0.2) is 42.0 Å². The zero-order chi connectivity index (χ0) is 12.7. The molecule has 1 saturated carbocycles. The average molecular weight is 268 g/mol. The van der Waals surface area contributed by atoms with Gasteiger partial charge >= 0.3 is 0 Å². The van der Waals surface area contributed by atoms with Gasteiger partial charge in [0.1, 0.15) is 10.7 Å². The molecule has 19 heavy (non-hydrogen) atoms. The van der Waals surface area contributed by atoms with Crippen LogP contribution in [0, 0.1) is 0 Å². The van der Waals surface area contributed by atoms with Crippen molar-refractivity contribution in [1.82, 2.24) is 19.7 Å². The van der Waals surface area contributed by atoms with E-state index in [0.717, 1.165) is 22.1 Å². The first kappa shape index (κ1) is 10.9. The first-order valence-electron chi connectivity index (χ1n) is 6.32. The van der Waals surface area contributed by atoms with Gasteiger partial charge in [-0.1, -0.05) is 6.07 Å². The van der Waals surface area contributed by atoms with E-state index in [2.05, 4.69) is 25.1 Å². The second-order valence-corrected chi connectivity index (χ2v) is 5.50. The van der Waals surface area contributed by atoms with E-state index < -0.39 is 0 Å². The molecule has 0 unspecified atom stereocenters. The summed E-state index contributed by atoms with van der Waals surface area (Å²) in [5.74, 6) is 0. The molecule has 1 aliphatic carbocycles. The van der Waals surface area contributed by atoms with Gasteiger partial charge in [0.25, 0.3) is 0 Å². The van der Waals surface area contributed by atoms with Gasteiger partial charge in [0.05, 0.1) is 17.4 Å². The molecule has 4 rings (SSSR count). The summed E-state index contributed by atoms with van der Waals surface area (Å²) in [6.45, 7) is 0. The molecule has 0 aliphatic heterocycles. The van der Waals surface area contributed by atoms with E-state index >= 15 is 0 Å². The molecule has 3 aromatic rings. The Morgan fingerprint density at radius 1 is 1.11 bits per heavy atom. The second-order valence-electron chi connectivity index (χ2n) is 4.65. The highest BCUT2D eigenvalue weighted by molar-refractivity contribution is 7.13. The van der Waals surface area contributed by atoms with Crippen LogP contribution in [0.25, 0.3) is 22.1 Å². The van der Waals surface area contributed by atoms with Crippen molar-refractivity contribution in [3.05, 3.63) is 42.0 Å². The van der Waals surface area contributed by atoms with Crippen LogP contribution in [0.4, 0.5) is 0 Å². The highest BCUT2D eigenvalue weighted by Crippen LogP contribution is 2.38. The topological polar surface area (TPSA) is 43.6 Å². The second kappa shape index (κ2) is 4.28. The maximum absolute atomic E-state index is 4.69. The van der Waals surface area contributed by atoms with E-state index in [1.54, 1.807) is 17.5 Å². The molecule has 3 heterocycles. The van der Waals surface area contributed by atoms with Crippen LogP contribution < -0.4 is 0 Å². The van der Waals surface area contributed by atoms with Crippen LogP contribution in [-0.2, 0) is 0 Å². The molecule has 0 saturated heterocycles. The minimum atomic E-state index is 0.574. The summed E-state index contributed by atoms with van der Waals surface area (Å²) < 4.78 is 2.09. The Labute approximate surface area is 114 Å². The molecule has 0 spiro atoms. The van der Waals surface area contributed by atoms with Crippen molar-refractivity contribution in [2.75, 3.05) is 0 Å². The molecular weight excluding hydrogens is 256 g/mol. The first-order chi connectivity index (χ1) is 9.42. The normalized spacial score (nSPS) is 14.7. The summed E-state index contributed by atoms with van der Waals surface area (Å²) in [6.07, 6.45) is 6.11. The monoisotopic (exact) mass is 268 g/mol. The number of aromatic nitrogens is 4. The highest BCUT2D eigenvalue weighted by Gasteiger charge is 2.27. The van der Waals surface area contributed by atoms with Crippen molar-refractivity contribution >= 4 is 11.3 Å². The predicted octanol–water partition coefficient (Wildman–Crippen LogP) is 3.40. The zero-order valence-electron chi connectivity index (χ0n) is 10.2. The smallest absolute Gasteiger partial charge is 0.142 e. The van der Waals surface area contributed by atoms with Crippen molar-refractivity contribution in [2.24, 2.45) is 0 Å². The number of pyridine rings is 1. The third-order valence-corrected chi connectivity index (χ3v) is 4.08. The van der Waals surface area contributed by atoms with Gasteiger partial charge < -0.3 is 0 Å². The Hall–Kier alpha value is -2.01. The van der Waals surface area contributed by atoms with Crippen molar-refractivity contribution in [1.29, 1.82) is 0 Å². The lowest BCUT2D eigenvalue weighted by atomic mass is 10.3. The van der Waals surface area contributed by atoms with Crippen LogP contribution in [-0.4, -0.2) is 19.7 Å². The Bertz CT molecular complexity index is 697. The Morgan fingerprint density at radius 2 is 2.05 bits per heavy atom. The van der Waals surface area contributed by atoms with E-state index in [4.69, 9.17) is 0 Å². The summed E-state index contributed by atoms with van der Waals surface area (Å²) in [7, 11) is 0. The van der Waals surface area contributed by atoms with Crippen LogP contribution in [0.3, 0.4) is 0 Å². The molecule has 0 atom stereocenters. The van der Waals surface area contributed by atoms with Gasteiger partial charge in [-0.3, -0.25) is 9.67 Å². The SMILES string of the molecule is c1ccc(-c2nc(-c3ccnn3C3CC3)cs2)nc1. The molecule has 5 heteroatoms. The maximum atomic E-state index is 4.69. The molecule has 94 valence electrons. The number of thiazole rings is 1. The molecule has 0 bridgehead atoms. The van der Waals surface area contributed by atoms with Gasteiger partial charge in [-0.15, -0.1) is 11.3 Å². The van der Waals surface area contributed by atoms with Gasteiger partial charge in [0.2, 0.25) is 0 Å². The third-order valence-electron chi connectivity index (χ3n) is 3.21. The molecule has 0 radical (unpaired) electrons. The number of hydrogen-bond acceptors (Lipinski definition) is 4. The summed E-state index contributed by atoms with van der Waals surface area (Å²) in [6, 6.07) is 8.50. The summed E-state index contributed by atoms with van der Waals surface area (Å²) in [5.41, 5.74) is 3.03. The van der Waals surface area contributed by atoms with Crippen LogP contribution in [0.1, 0.15) is 18.9 Å². The van der Waals surface area contributed by atoms with Crippen LogP contribution in [0.5, 0.6) is 0 Å². The molecular formula is C14H12N4S. The molecule has 0 amide bonds. The van der Waals surface area contributed by atoms with Crippen molar-refractivity contribution in [2.45, 2.75) is 18.9 Å². The number of rotatable bonds is 3. The molecule has 0 aromatic carbocycles. The van der Waals surface area contributed by atoms with Crippen LogP contribution in [0.2, 0.25) is 0 Å². The van der Waals surface area contributed by atoms with Gasteiger partial charge in [-0.2, -0.15) is 5.10 Å². The fourth-order valence-electron chi connectivity index (χ4n) is 2.13. The van der Waals surface area contributed by atoms with Gasteiger partial charge in [-0.05, 0) is 31.0 Å². The Kier molecular flexibility index (Phi) is 2.45. The zero-order valence-corrected chi connectivity index (χ0v) is 11.0. The van der Waals surface area contributed by atoms with Gasteiger partial charge in [0.15, 0.2) is 0 Å². The largest absolute Gasteiger partial charge is 0.260 e. The van der Waals surface area contributed by atoms with E-state index in [0.29, 0.717) is 6.04 Å². The van der Waals surface area contributed by atoms with E-state index in [1.165, 1.54) is 12.8 Å². The Morgan fingerprint density at radius 3 is 2.84 bits per heavy atom. The first-order valence-corrected chi connectivity index (χ1v) is 7.20. The molecule has 1 aliphatic rings. The summed E-state index contributed by atoms with van der Waals surface area (Å²) in [5, 5.41) is 7.44. The average Bonchev–Trinajstić information content (AvgIpc) is 3.01.